The number of hydrogen-bond donors (Lipinski definition) is 0. The molecule has 246 valence electrons. The van der Waals surface area contributed by atoms with Crippen LogP contribution in [0.4, 0.5) is 0 Å². The lowest BCUT2D eigenvalue weighted by atomic mass is 9.83. The summed E-state index contributed by atoms with van der Waals surface area (Å²) in [5.74, 6) is 0. The lowest BCUT2D eigenvalue weighted by molar-refractivity contribution is 0.669. The van der Waals surface area contributed by atoms with E-state index in [1.807, 2.05) is 0 Å². The zero-order chi connectivity index (χ0) is 34.9. The van der Waals surface area contributed by atoms with Gasteiger partial charge in [-0.05, 0) is 112 Å². The molecule has 0 aliphatic carbocycles. The monoisotopic (exact) mass is 672 g/mol. The van der Waals surface area contributed by atoms with E-state index in [0.717, 1.165) is 33.1 Å². The Labute approximate surface area is 307 Å². The molecule has 0 N–H and O–H groups in total. The van der Waals surface area contributed by atoms with Crippen molar-refractivity contribution in [3.8, 4) is 44.5 Å². The predicted molar refractivity (Wildman–Crippen MR) is 225 cm³/mol. The largest absolute Gasteiger partial charge is 0.456 e. The SMILES string of the molecule is c1ccc(-c2cc3oc4ccc5ccccc5c4c3cc2-c2c3ccccc3c(-c3ccc(-c4ccc5ccccc5c4)cc3)c3ccccc23)cc1. The first kappa shape index (κ1) is 29.7. The van der Waals surface area contributed by atoms with E-state index in [2.05, 4.69) is 194 Å². The van der Waals surface area contributed by atoms with Crippen molar-refractivity contribution in [2.24, 2.45) is 0 Å². The van der Waals surface area contributed by atoms with Gasteiger partial charge in [0.05, 0.1) is 0 Å². The molecule has 53 heavy (non-hydrogen) atoms. The highest BCUT2D eigenvalue weighted by Gasteiger charge is 2.22. The van der Waals surface area contributed by atoms with E-state index in [1.54, 1.807) is 0 Å². The minimum absolute atomic E-state index is 0.899. The number of benzene rings is 10. The standard InChI is InChI=1S/C52H32O/c1-2-13-35(14-3-1)45-32-49-47(52-40-17-7-6-15-36(40)28-29-48(52)53-49)31-46(45)51-43-20-10-8-18-41(43)50(42-19-9-11-21-44(42)51)37-25-22-34(23-26-37)39-27-24-33-12-4-5-16-38(33)30-39/h1-32H. The van der Waals surface area contributed by atoms with Gasteiger partial charge < -0.3 is 4.42 Å². The fourth-order valence-electron chi connectivity index (χ4n) is 8.58. The van der Waals surface area contributed by atoms with Gasteiger partial charge in [0.1, 0.15) is 11.2 Å². The highest BCUT2D eigenvalue weighted by atomic mass is 16.3. The van der Waals surface area contributed by atoms with Crippen LogP contribution >= 0.6 is 0 Å². The van der Waals surface area contributed by atoms with E-state index in [-0.39, 0.29) is 0 Å². The normalized spacial score (nSPS) is 11.8. The summed E-state index contributed by atoms with van der Waals surface area (Å²) in [6.07, 6.45) is 0. The molecule has 10 aromatic carbocycles. The maximum absolute atomic E-state index is 6.63. The van der Waals surface area contributed by atoms with E-state index in [9.17, 15) is 0 Å². The second-order valence-corrected chi connectivity index (χ2v) is 14.0. The third kappa shape index (κ3) is 4.71. The Kier molecular flexibility index (Phi) is 6.62. The van der Waals surface area contributed by atoms with Crippen LogP contribution < -0.4 is 0 Å². The second kappa shape index (κ2) is 11.8. The summed E-state index contributed by atoms with van der Waals surface area (Å²) < 4.78 is 6.63. The Morgan fingerprint density at radius 2 is 0.811 bits per heavy atom. The number of fused-ring (bicyclic) bond motifs is 8. The minimum Gasteiger partial charge on any atom is -0.456 e. The molecule has 1 aromatic heterocycles. The van der Waals surface area contributed by atoms with Crippen LogP contribution in [0.2, 0.25) is 0 Å². The van der Waals surface area contributed by atoms with Gasteiger partial charge in [-0.2, -0.15) is 0 Å². The third-order valence-corrected chi connectivity index (χ3v) is 11.0. The van der Waals surface area contributed by atoms with Crippen LogP contribution in [-0.4, -0.2) is 0 Å². The van der Waals surface area contributed by atoms with Crippen molar-refractivity contribution in [2.75, 3.05) is 0 Å². The molecule has 0 radical (unpaired) electrons. The van der Waals surface area contributed by atoms with Crippen molar-refractivity contribution in [2.45, 2.75) is 0 Å². The van der Waals surface area contributed by atoms with Gasteiger partial charge in [0, 0.05) is 10.8 Å². The molecule has 0 spiro atoms. The fourth-order valence-corrected chi connectivity index (χ4v) is 8.58. The van der Waals surface area contributed by atoms with Crippen molar-refractivity contribution < 1.29 is 4.42 Å². The topological polar surface area (TPSA) is 13.1 Å². The Morgan fingerprint density at radius 3 is 1.53 bits per heavy atom. The first-order valence-electron chi connectivity index (χ1n) is 18.3. The van der Waals surface area contributed by atoms with Gasteiger partial charge in [0.25, 0.3) is 0 Å². The molecule has 0 fully saturated rings. The molecule has 0 saturated carbocycles. The summed E-state index contributed by atoms with van der Waals surface area (Å²) in [6.45, 7) is 0. The fraction of sp³-hybridized carbons (Fsp3) is 0. The number of furan rings is 1. The first-order valence-corrected chi connectivity index (χ1v) is 18.3. The van der Waals surface area contributed by atoms with Crippen molar-refractivity contribution >= 4 is 65.0 Å². The summed E-state index contributed by atoms with van der Waals surface area (Å²) >= 11 is 0. The quantitative estimate of drug-likeness (QED) is 0.170. The summed E-state index contributed by atoms with van der Waals surface area (Å²) in [5.41, 5.74) is 11.5. The van der Waals surface area contributed by atoms with Gasteiger partial charge in [-0.25, -0.2) is 0 Å². The Morgan fingerprint density at radius 1 is 0.264 bits per heavy atom. The lowest BCUT2D eigenvalue weighted by Gasteiger charge is -2.20. The maximum Gasteiger partial charge on any atom is 0.136 e. The van der Waals surface area contributed by atoms with Crippen LogP contribution in [0.25, 0.3) is 110 Å². The molecule has 1 nitrogen and oxygen atoms in total. The molecule has 1 heteroatoms. The summed E-state index contributed by atoms with van der Waals surface area (Å²) in [7, 11) is 0. The number of hydrogen-bond acceptors (Lipinski definition) is 1. The minimum atomic E-state index is 0.899. The maximum atomic E-state index is 6.63. The molecule has 11 aromatic rings. The summed E-state index contributed by atoms with van der Waals surface area (Å²) in [5, 5.41) is 12.2. The van der Waals surface area contributed by atoms with Crippen LogP contribution in [0.5, 0.6) is 0 Å². The van der Waals surface area contributed by atoms with Crippen molar-refractivity contribution in [3.05, 3.63) is 194 Å². The Hall–Kier alpha value is -6.96. The molecule has 0 aliphatic rings. The highest BCUT2D eigenvalue weighted by molar-refractivity contribution is 6.25. The van der Waals surface area contributed by atoms with Gasteiger partial charge in [0.2, 0.25) is 0 Å². The van der Waals surface area contributed by atoms with Gasteiger partial charge in [0.15, 0.2) is 0 Å². The van der Waals surface area contributed by atoms with Crippen LogP contribution in [0.3, 0.4) is 0 Å². The van der Waals surface area contributed by atoms with Gasteiger partial charge in [-0.3, -0.25) is 0 Å². The predicted octanol–water partition coefficient (Wildman–Crippen LogP) is 14.9. The van der Waals surface area contributed by atoms with Crippen LogP contribution in [0.1, 0.15) is 0 Å². The van der Waals surface area contributed by atoms with Crippen LogP contribution in [0.15, 0.2) is 199 Å². The molecule has 11 rings (SSSR count). The van der Waals surface area contributed by atoms with Crippen LogP contribution in [0, 0.1) is 0 Å². The van der Waals surface area contributed by atoms with Crippen molar-refractivity contribution in [1.82, 2.24) is 0 Å². The van der Waals surface area contributed by atoms with Crippen molar-refractivity contribution in [1.29, 1.82) is 0 Å². The average molecular weight is 673 g/mol. The molecule has 0 unspecified atom stereocenters. The summed E-state index contributed by atoms with van der Waals surface area (Å²) in [4.78, 5) is 0. The summed E-state index contributed by atoms with van der Waals surface area (Å²) in [6, 6.07) is 70.6. The van der Waals surface area contributed by atoms with E-state index < -0.39 is 0 Å². The molecule has 1 heterocycles. The molecule has 0 saturated heterocycles. The first-order chi connectivity index (χ1) is 26.3. The molecule has 0 atom stereocenters. The molecule has 0 amide bonds. The molecule has 0 aliphatic heterocycles. The van der Waals surface area contributed by atoms with E-state index >= 15 is 0 Å². The molecular weight excluding hydrogens is 641 g/mol. The lowest BCUT2D eigenvalue weighted by Crippen LogP contribution is -1.93. The van der Waals surface area contributed by atoms with Gasteiger partial charge >= 0.3 is 0 Å². The van der Waals surface area contributed by atoms with E-state index in [4.69, 9.17) is 4.42 Å². The highest BCUT2D eigenvalue weighted by Crippen LogP contribution is 2.48. The Balaban J connectivity index is 1.18. The average Bonchev–Trinajstić information content (AvgIpc) is 3.61. The zero-order valence-electron chi connectivity index (χ0n) is 28.9. The Bertz CT molecular complexity index is 3150. The van der Waals surface area contributed by atoms with Crippen LogP contribution in [-0.2, 0) is 0 Å². The van der Waals surface area contributed by atoms with E-state index in [0.29, 0.717) is 0 Å². The van der Waals surface area contributed by atoms with E-state index in [1.165, 1.54) is 76.5 Å². The van der Waals surface area contributed by atoms with Crippen molar-refractivity contribution in [3.63, 3.8) is 0 Å². The number of rotatable bonds is 4. The smallest absolute Gasteiger partial charge is 0.136 e. The third-order valence-electron chi connectivity index (χ3n) is 11.0. The van der Waals surface area contributed by atoms with Gasteiger partial charge in [-0.15, -0.1) is 0 Å². The molecule has 0 bridgehead atoms. The zero-order valence-corrected chi connectivity index (χ0v) is 28.9. The molecular formula is C52H32O. The van der Waals surface area contributed by atoms with Gasteiger partial charge in [-0.1, -0.05) is 170 Å². The second-order valence-electron chi connectivity index (χ2n) is 14.0.